The summed E-state index contributed by atoms with van der Waals surface area (Å²) in [5, 5.41) is 0. The molecule has 108 valence electrons. The van der Waals surface area contributed by atoms with Gasteiger partial charge in [-0.2, -0.15) is 0 Å². The van der Waals surface area contributed by atoms with E-state index in [1.807, 2.05) is 19.1 Å². The first kappa shape index (κ1) is 16.5. The normalized spacial score (nSPS) is 12.4. The number of hydrogen-bond donors (Lipinski definition) is 1. The molecule has 2 N–H and O–H groups in total. The summed E-state index contributed by atoms with van der Waals surface area (Å²) in [5.74, 6) is 0.934. The van der Waals surface area contributed by atoms with Gasteiger partial charge in [0.25, 0.3) is 0 Å². The molecule has 1 aromatic rings. The molecule has 0 spiro atoms. The maximum atomic E-state index is 6.03. The van der Waals surface area contributed by atoms with Crippen LogP contribution in [0.3, 0.4) is 0 Å². The van der Waals surface area contributed by atoms with Gasteiger partial charge in [-0.15, -0.1) is 0 Å². The minimum atomic E-state index is 0.181. The van der Waals surface area contributed by atoms with Crippen LogP contribution < -0.4 is 10.5 Å². The quantitative estimate of drug-likeness (QED) is 0.705. The van der Waals surface area contributed by atoms with E-state index in [1.165, 1.54) is 5.56 Å². The molecular formula is C15H24BrNO2. The summed E-state index contributed by atoms with van der Waals surface area (Å²) in [7, 11) is 0. The average Bonchev–Trinajstić information content (AvgIpc) is 2.40. The lowest BCUT2D eigenvalue weighted by atomic mass is 10.0. The molecule has 0 aliphatic carbocycles. The Balaban J connectivity index is 2.55. The molecule has 0 saturated carbocycles. The lowest BCUT2D eigenvalue weighted by molar-refractivity contribution is 0.130. The Labute approximate surface area is 124 Å². The third kappa shape index (κ3) is 6.41. The van der Waals surface area contributed by atoms with E-state index >= 15 is 0 Å². The van der Waals surface area contributed by atoms with Gasteiger partial charge in [-0.1, -0.05) is 22.9 Å². The Hall–Kier alpha value is -0.580. The molecule has 1 aromatic carbocycles. The van der Waals surface area contributed by atoms with Crippen LogP contribution in [-0.4, -0.2) is 25.9 Å². The molecule has 1 unspecified atom stereocenters. The molecule has 1 atom stereocenters. The van der Waals surface area contributed by atoms with Crippen LogP contribution in [0.15, 0.2) is 22.7 Å². The summed E-state index contributed by atoms with van der Waals surface area (Å²) < 4.78 is 12.2. The molecule has 0 heterocycles. The molecule has 0 aromatic heterocycles. The van der Waals surface area contributed by atoms with Crippen LogP contribution in [0.2, 0.25) is 0 Å². The summed E-state index contributed by atoms with van der Waals surface area (Å²) in [4.78, 5) is 0. The van der Waals surface area contributed by atoms with E-state index in [1.54, 1.807) is 0 Å². The lowest BCUT2D eigenvalue weighted by Crippen LogP contribution is -2.21. The summed E-state index contributed by atoms with van der Waals surface area (Å²) in [6.45, 7) is 6.28. The molecule has 19 heavy (non-hydrogen) atoms. The van der Waals surface area contributed by atoms with Crippen LogP contribution in [0, 0.1) is 0 Å². The average molecular weight is 330 g/mol. The van der Waals surface area contributed by atoms with Crippen LogP contribution in [0.25, 0.3) is 0 Å². The fourth-order valence-corrected chi connectivity index (χ4v) is 2.17. The van der Waals surface area contributed by atoms with Crippen molar-refractivity contribution in [2.75, 3.05) is 19.8 Å². The second-order valence-corrected chi connectivity index (χ2v) is 5.44. The number of nitrogens with two attached hydrogens (primary N) is 1. The van der Waals surface area contributed by atoms with Crippen molar-refractivity contribution in [3.05, 3.63) is 28.2 Å². The molecule has 0 saturated heterocycles. The predicted molar refractivity (Wildman–Crippen MR) is 82.7 cm³/mol. The van der Waals surface area contributed by atoms with Gasteiger partial charge in [0.1, 0.15) is 5.75 Å². The zero-order chi connectivity index (χ0) is 14.1. The highest BCUT2D eigenvalue weighted by Gasteiger charge is 2.08. The lowest BCUT2D eigenvalue weighted by Gasteiger charge is -2.15. The van der Waals surface area contributed by atoms with Crippen molar-refractivity contribution in [1.82, 2.24) is 0 Å². The van der Waals surface area contributed by atoms with Gasteiger partial charge in [-0.05, 0) is 43.5 Å². The fraction of sp³-hybridized carbons (Fsp3) is 0.600. The second-order valence-electron chi connectivity index (χ2n) is 4.52. The van der Waals surface area contributed by atoms with Crippen LogP contribution >= 0.6 is 15.9 Å². The molecule has 0 aliphatic rings. The molecule has 0 aliphatic heterocycles. The van der Waals surface area contributed by atoms with Crippen LogP contribution in [0.5, 0.6) is 5.75 Å². The topological polar surface area (TPSA) is 44.5 Å². The van der Waals surface area contributed by atoms with Crippen molar-refractivity contribution < 1.29 is 9.47 Å². The molecule has 0 radical (unpaired) electrons. The van der Waals surface area contributed by atoms with Crippen LogP contribution in [0.1, 0.15) is 32.3 Å². The number of hydrogen-bond acceptors (Lipinski definition) is 3. The Morgan fingerprint density at radius 2 is 2.05 bits per heavy atom. The van der Waals surface area contributed by atoms with Crippen LogP contribution in [-0.2, 0) is 11.2 Å². The maximum Gasteiger partial charge on any atom is 0.122 e. The standard InChI is InChI=1S/C15H24BrNO2/c1-3-14(17)11-12-10-13(16)6-7-15(12)19-9-5-8-18-4-2/h6-7,10,14H,3-5,8-9,11,17H2,1-2H3. The molecular weight excluding hydrogens is 306 g/mol. The van der Waals surface area contributed by atoms with E-state index in [-0.39, 0.29) is 6.04 Å². The highest BCUT2D eigenvalue weighted by atomic mass is 79.9. The van der Waals surface area contributed by atoms with Gasteiger partial charge in [-0.3, -0.25) is 0 Å². The van der Waals surface area contributed by atoms with Crippen molar-refractivity contribution in [1.29, 1.82) is 0 Å². The van der Waals surface area contributed by atoms with Gasteiger partial charge in [0.15, 0.2) is 0 Å². The van der Waals surface area contributed by atoms with E-state index < -0.39 is 0 Å². The number of ether oxygens (including phenoxy) is 2. The Morgan fingerprint density at radius 3 is 2.74 bits per heavy atom. The largest absolute Gasteiger partial charge is 0.493 e. The number of benzene rings is 1. The van der Waals surface area contributed by atoms with E-state index in [9.17, 15) is 0 Å². The van der Waals surface area contributed by atoms with Gasteiger partial charge in [-0.25, -0.2) is 0 Å². The first-order valence-corrected chi connectivity index (χ1v) is 7.71. The smallest absolute Gasteiger partial charge is 0.122 e. The van der Waals surface area contributed by atoms with Crippen molar-refractivity contribution in [3.63, 3.8) is 0 Å². The minimum absolute atomic E-state index is 0.181. The fourth-order valence-electron chi connectivity index (χ4n) is 1.76. The third-order valence-corrected chi connectivity index (χ3v) is 3.42. The summed E-state index contributed by atoms with van der Waals surface area (Å²) >= 11 is 3.49. The van der Waals surface area contributed by atoms with Crippen molar-refractivity contribution in [3.8, 4) is 5.75 Å². The number of rotatable bonds is 9. The molecule has 0 amide bonds. The Morgan fingerprint density at radius 1 is 1.26 bits per heavy atom. The highest BCUT2D eigenvalue weighted by Crippen LogP contribution is 2.24. The minimum Gasteiger partial charge on any atom is -0.493 e. The van der Waals surface area contributed by atoms with Crippen molar-refractivity contribution in [2.24, 2.45) is 5.73 Å². The molecule has 0 bridgehead atoms. The van der Waals surface area contributed by atoms with Crippen molar-refractivity contribution in [2.45, 2.75) is 39.2 Å². The summed E-state index contributed by atoms with van der Waals surface area (Å²) in [5.41, 5.74) is 7.19. The zero-order valence-electron chi connectivity index (χ0n) is 11.8. The van der Waals surface area contributed by atoms with Gasteiger partial charge in [0.05, 0.1) is 6.61 Å². The van der Waals surface area contributed by atoms with Gasteiger partial charge >= 0.3 is 0 Å². The Bertz CT molecular complexity index is 371. The zero-order valence-corrected chi connectivity index (χ0v) is 13.4. The molecule has 1 rings (SSSR count). The SMILES string of the molecule is CCOCCCOc1ccc(Br)cc1CC(N)CC. The molecule has 3 nitrogen and oxygen atoms in total. The van der Waals surface area contributed by atoms with Gasteiger partial charge in [0.2, 0.25) is 0 Å². The third-order valence-electron chi connectivity index (χ3n) is 2.92. The van der Waals surface area contributed by atoms with Crippen LogP contribution in [0.4, 0.5) is 0 Å². The van der Waals surface area contributed by atoms with E-state index in [0.717, 1.165) is 42.7 Å². The second kappa shape index (κ2) is 9.34. The summed E-state index contributed by atoms with van der Waals surface area (Å²) in [6.07, 6.45) is 2.72. The monoisotopic (exact) mass is 329 g/mol. The first-order chi connectivity index (χ1) is 9.17. The Kier molecular flexibility index (Phi) is 8.10. The van der Waals surface area contributed by atoms with Gasteiger partial charge in [0, 0.05) is 30.1 Å². The van der Waals surface area contributed by atoms with Crippen molar-refractivity contribution >= 4 is 15.9 Å². The first-order valence-electron chi connectivity index (χ1n) is 6.91. The van der Waals surface area contributed by atoms with Gasteiger partial charge < -0.3 is 15.2 Å². The molecule has 4 heteroatoms. The number of halogens is 1. The van der Waals surface area contributed by atoms with E-state index in [2.05, 4.69) is 28.9 Å². The highest BCUT2D eigenvalue weighted by molar-refractivity contribution is 9.10. The summed E-state index contributed by atoms with van der Waals surface area (Å²) in [6, 6.07) is 6.27. The predicted octanol–water partition coefficient (Wildman–Crippen LogP) is 3.53. The van der Waals surface area contributed by atoms with E-state index in [4.69, 9.17) is 15.2 Å². The molecule has 0 fully saturated rings. The maximum absolute atomic E-state index is 6.03. The van der Waals surface area contributed by atoms with E-state index in [0.29, 0.717) is 6.61 Å².